The van der Waals surface area contributed by atoms with Gasteiger partial charge in [0.2, 0.25) is 0 Å². The van der Waals surface area contributed by atoms with E-state index in [4.69, 9.17) is 10.6 Å². The maximum atomic E-state index is 11.0. The lowest BCUT2D eigenvalue weighted by Crippen LogP contribution is -2.30. The number of azide groups is 1. The Hall–Kier alpha value is -1.06. The van der Waals surface area contributed by atoms with Gasteiger partial charge in [-0.05, 0) is 18.4 Å². The van der Waals surface area contributed by atoms with Crippen LogP contribution in [0.15, 0.2) is 5.11 Å². The van der Waals surface area contributed by atoms with Crippen LogP contribution in [-0.2, 0) is 4.79 Å². The van der Waals surface area contributed by atoms with E-state index in [1.807, 2.05) is 0 Å². The molecule has 1 rings (SSSR count). The lowest BCUT2D eigenvalue weighted by Gasteiger charge is -2.20. The standard InChI is InChI=1S/C6H9N3O2/c7-9-8-5-3-4(10)1-2-6(5)11/h4-5,10H,1-3H2. The molecule has 60 valence electrons. The number of aliphatic hydroxyl groups excluding tert-OH is 1. The van der Waals surface area contributed by atoms with E-state index in [2.05, 4.69) is 10.0 Å². The van der Waals surface area contributed by atoms with Crippen LogP contribution in [0.2, 0.25) is 0 Å². The molecule has 0 heterocycles. The van der Waals surface area contributed by atoms with Gasteiger partial charge in [0.05, 0.1) is 12.1 Å². The van der Waals surface area contributed by atoms with Crippen LogP contribution >= 0.6 is 0 Å². The van der Waals surface area contributed by atoms with Crippen molar-refractivity contribution in [2.75, 3.05) is 0 Å². The van der Waals surface area contributed by atoms with E-state index in [-0.39, 0.29) is 12.2 Å². The van der Waals surface area contributed by atoms with Crippen LogP contribution in [0.25, 0.3) is 10.4 Å². The van der Waals surface area contributed by atoms with Gasteiger partial charge < -0.3 is 5.11 Å². The Morgan fingerprint density at radius 1 is 1.73 bits per heavy atom. The minimum atomic E-state index is -0.635. The first-order valence-corrected chi connectivity index (χ1v) is 3.49. The third-order valence-corrected chi connectivity index (χ3v) is 1.78. The topological polar surface area (TPSA) is 86.1 Å². The summed E-state index contributed by atoms with van der Waals surface area (Å²) in [6, 6.07) is -0.635. The molecule has 0 aromatic carbocycles. The van der Waals surface area contributed by atoms with Gasteiger partial charge in [0.15, 0.2) is 0 Å². The van der Waals surface area contributed by atoms with Crippen molar-refractivity contribution in [2.45, 2.75) is 31.4 Å². The summed E-state index contributed by atoms with van der Waals surface area (Å²) in [5.74, 6) is -0.0619. The minimum Gasteiger partial charge on any atom is -0.393 e. The van der Waals surface area contributed by atoms with Crippen LogP contribution in [0.3, 0.4) is 0 Å². The SMILES string of the molecule is [N-]=[N+]=NC1CC(O)CCC1=O. The highest BCUT2D eigenvalue weighted by atomic mass is 16.3. The Morgan fingerprint density at radius 3 is 3.09 bits per heavy atom. The van der Waals surface area contributed by atoms with Crippen molar-refractivity contribution in [1.29, 1.82) is 0 Å². The van der Waals surface area contributed by atoms with Gasteiger partial charge >= 0.3 is 0 Å². The first kappa shape index (κ1) is 8.04. The van der Waals surface area contributed by atoms with Crippen LogP contribution in [0.4, 0.5) is 0 Å². The van der Waals surface area contributed by atoms with E-state index in [1.165, 1.54) is 0 Å². The summed E-state index contributed by atoms with van der Waals surface area (Å²) in [7, 11) is 0. The molecule has 0 aliphatic heterocycles. The molecule has 5 heteroatoms. The number of nitrogens with zero attached hydrogens (tertiary/aromatic N) is 3. The number of rotatable bonds is 1. The lowest BCUT2D eigenvalue weighted by molar-refractivity contribution is -0.123. The molecule has 0 aromatic rings. The van der Waals surface area contributed by atoms with Crippen molar-refractivity contribution in [3.63, 3.8) is 0 Å². The molecule has 1 saturated carbocycles. The highest BCUT2D eigenvalue weighted by Gasteiger charge is 2.26. The number of hydrogen-bond acceptors (Lipinski definition) is 3. The van der Waals surface area contributed by atoms with Crippen molar-refractivity contribution < 1.29 is 9.90 Å². The molecular weight excluding hydrogens is 146 g/mol. The lowest BCUT2D eigenvalue weighted by atomic mass is 9.92. The van der Waals surface area contributed by atoms with Gasteiger partial charge in [-0.25, -0.2) is 0 Å². The third-order valence-electron chi connectivity index (χ3n) is 1.78. The summed E-state index contributed by atoms with van der Waals surface area (Å²) >= 11 is 0. The minimum absolute atomic E-state index is 0.0619. The third kappa shape index (κ3) is 1.93. The first-order chi connectivity index (χ1) is 5.24. The van der Waals surface area contributed by atoms with Gasteiger partial charge in [0.1, 0.15) is 5.78 Å². The van der Waals surface area contributed by atoms with Crippen LogP contribution in [-0.4, -0.2) is 23.0 Å². The summed E-state index contributed by atoms with van der Waals surface area (Å²) in [6.07, 6.45) is 0.618. The molecule has 2 atom stereocenters. The summed E-state index contributed by atoms with van der Waals surface area (Å²) in [5, 5.41) is 12.4. The zero-order valence-electron chi connectivity index (χ0n) is 5.97. The Bertz CT molecular complexity index is 210. The Balaban J connectivity index is 2.61. The van der Waals surface area contributed by atoms with E-state index < -0.39 is 12.1 Å². The van der Waals surface area contributed by atoms with Crippen LogP contribution in [0.5, 0.6) is 0 Å². The highest BCUT2D eigenvalue weighted by Crippen LogP contribution is 2.17. The fourth-order valence-electron chi connectivity index (χ4n) is 1.16. The Labute approximate surface area is 63.6 Å². The molecular formula is C6H9N3O2. The van der Waals surface area contributed by atoms with Crippen molar-refractivity contribution in [3.05, 3.63) is 10.4 Å². The smallest absolute Gasteiger partial charge is 0.142 e. The Morgan fingerprint density at radius 2 is 2.45 bits per heavy atom. The van der Waals surface area contributed by atoms with Gasteiger partial charge in [-0.1, -0.05) is 5.11 Å². The highest BCUT2D eigenvalue weighted by molar-refractivity contribution is 5.84. The predicted molar refractivity (Wildman–Crippen MR) is 37.8 cm³/mol. The molecule has 1 aliphatic carbocycles. The number of ketones is 1. The average molecular weight is 155 g/mol. The molecule has 0 spiro atoms. The van der Waals surface area contributed by atoms with Gasteiger partial charge in [-0.15, -0.1) is 0 Å². The molecule has 0 radical (unpaired) electrons. The first-order valence-electron chi connectivity index (χ1n) is 3.49. The van der Waals surface area contributed by atoms with Crippen molar-refractivity contribution in [1.82, 2.24) is 0 Å². The summed E-state index contributed by atoms with van der Waals surface area (Å²) in [5.41, 5.74) is 8.05. The largest absolute Gasteiger partial charge is 0.393 e. The Kier molecular flexibility index (Phi) is 2.46. The maximum absolute atomic E-state index is 11.0. The molecule has 1 aliphatic rings. The average Bonchev–Trinajstić information content (AvgIpc) is 1.98. The second-order valence-electron chi connectivity index (χ2n) is 2.62. The number of carbonyl (C=O) groups is 1. The zero-order chi connectivity index (χ0) is 8.27. The molecule has 1 N–H and O–H groups in total. The molecule has 2 unspecified atom stereocenters. The summed E-state index contributed by atoms with van der Waals surface area (Å²) in [6.45, 7) is 0. The molecule has 0 bridgehead atoms. The number of aliphatic hydroxyl groups is 1. The van der Waals surface area contributed by atoms with E-state index >= 15 is 0 Å². The molecule has 0 aromatic heterocycles. The molecule has 1 fully saturated rings. The van der Waals surface area contributed by atoms with Crippen molar-refractivity contribution in [2.24, 2.45) is 5.11 Å². The van der Waals surface area contributed by atoms with E-state index in [0.29, 0.717) is 12.8 Å². The fourth-order valence-corrected chi connectivity index (χ4v) is 1.16. The van der Waals surface area contributed by atoms with E-state index in [1.54, 1.807) is 0 Å². The number of hydrogen-bond donors (Lipinski definition) is 1. The van der Waals surface area contributed by atoms with Gasteiger partial charge in [-0.3, -0.25) is 4.79 Å². The fraction of sp³-hybridized carbons (Fsp3) is 0.833. The maximum Gasteiger partial charge on any atom is 0.142 e. The molecule has 0 saturated heterocycles. The van der Waals surface area contributed by atoms with E-state index in [0.717, 1.165) is 0 Å². The molecule has 0 amide bonds. The number of carbonyl (C=O) groups excluding carboxylic acids is 1. The molecule has 11 heavy (non-hydrogen) atoms. The summed E-state index contributed by atoms with van der Waals surface area (Å²) in [4.78, 5) is 13.5. The zero-order valence-corrected chi connectivity index (χ0v) is 5.97. The van der Waals surface area contributed by atoms with Crippen LogP contribution in [0, 0.1) is 0 Å². The molecule has 5 nitrogen and oxygen atoms in total. The monoisotopic (exact) mass is 155 g/mol. The number of Topliss-reactive ketones (excluding diaryl/α,β-unsaturated/α-hetero) is 1. The van der Waals surface area contributed by atoms with Crippen molar-refractivity contribution >= 4 is 5.78 Å². The normalized spacial score (nSPS) is 31.2. The summed E-state index contributed by atoms with van der Waals surface area (Å²) < 4.78 is 0. The predicted octanol–water partition coefficient (Wildman–Crippen LogP) is 0.779. The van der Waals surface area contributed by atoms with Crippen LogP contribution < -0.4 is 0 Å². The quantitative estimate of drug-likeness (QED) is 0.344. The van der Waals surface area contributed by atoms with Gasteiger partial charge in [-0.2, -0.15) is 0 Å². The second-order valence-corrected chi connectivity index (χ2v) is 2.62. The van der Waals surface area contributed by atoms with Gasteiger partial charge in [0, 0.05) is 11.3 Å². The second kappa shape index (κ2) is 3.37. The van der Waals surface area contributed by atoms with E-state index in [9.17, 15) is 4.79 Å². The van der Waals surface area contributed by atoms with Crippen molar-refractivity contribution in [3.8, 4) is 0 Å². The van der Waals surface area contributed by atoms with Crippen LogP contribution in [0.1, 0.15) is 19.3 Å². The van der Waals surface area contributed by atoms with Gasteiger partial charge in [0.25, 0.3) is 0 Å².